The summed E-state index contributed by atoms with van der Waals surface area (Å²) in [5, 5.41) is 12.8. The van der Waals surface area contributed by atoms with E-state index in [2.05, 4.69) is 22.4 Å². The number of carbonyl (C=O) groups is 1. The Morgan fingerprint density at radius 2 is 2.22 bits per heavy atom. The molecular formula is C14H16N2O2. The van der Waals surface area contributed by atoms with Crippen LogP contribution in [-0.4, -0.2) is 29.1 Å². The number of nitrogens with one attached hydrogen (secondary N) is 2. The number of hydrogen-bond donors (Lipinski definition) is 3. The number of carboxylic acid groups (broad SMARTS) is 1. The summed E-state index contributed by atoms with van der Waals surface area (Å²) in [6.45, 7) is 1.40. The normalized spacial score (nSPS) is 11.3. The van der Waals surface area contributed by atoms with Gasteiger partial charge in [0.05, 0.1) is 0 Å². The molecule has 2 aromatic rings. The van der Waals surface area contributed by atoms with Crippen LogP contribution in [0.1, 0.15) is 5.56 Å². The first-order valence-electron chi connectivity index (χ1n) is 5.92. The molecule has 0 saturated heterocycles. The van der Waals surface area contributed by atoms with Crippen molar-refractivity contribution in [2.75, 3.05) is 13.1 Å². The van der Waals surface area contributed by atoms with Gasteiger partial charge in [-0.3, -0.25) is 0 Å². The maximum absolute atomic E-state index is 10.2. The predicted molar refractivity (Wildman–Crippen MR) is 71.6 cm³/mol. The van der Waals surface area contributed by atoms with Gasteiger partial charge < -0.3 is 15.4 Å². The molecule has 1 aromatic heterocycles. The molecule has 0 aliphatic carbocycles. The van der Waals surface area contributed by atoms with Crippen LogP contribution >= 0.6 is 0 Å². The molecular weight excluding hydrogens is 228 g/mol. The lowest BCUT2D eigenvalue weighted by atomic mass is 10.1. The molecule has 4 nitrogen and oxygen atoms in total. The van der Waals surface area contributed by atoms with Crippen molar-refractivity contribution in [3.8, 4) is 0 Å². The molecule has 4 heteroatoms. The van der Waals surface area contributed by atoms with Crippen molar-refractivity contribution < 1.29 is 9.90 Å². The summed E-state index contributed by atoms with van der Waals surface area (Å²) in [6.07, 6.45) is 5.71. The van der Waals surface area contributed by atoms with Crippen LogP contribution in [0.2, 0.25) is 0 Å². The highest BCUT2D eigenvalue weighted by molar-refractivity contribution is 5.83. The molecule has 2 rings (SSSR count). The predicted octanol–water partition coefficient (Wildman–Crippen LogP) is 1.94. The van der Waals surface area contributed by atoms with E-state index in [0.717, 1.165) is 24.6 Å². The number of aliphatic carboxylic acids is 1. The summed E-state index contributed by atoms with van der Waals surface area (Å²) in [4.78, 5) is 13.5. The first kappa shape index (κ1) is 12.4. The van der Waals surface area contributed by atoms with Gasteiger partial charge in [0.1, 0.15) is 0 Å². The van der Waals surface area contributed by atoms with Gasteiger partial charge in [-0.05, 0) is 24.6 Å². The molecule has 94 valence electrons. The van der Waals surface area contributed by atoms with Gasteiger partial charge in [0.2, 0.25) is 0 Å². The molecule has 0 saturated carbocycles. The quantitative estimate of drug-likeness (QED) is 0.537. The molecule has 0 bridgehead atoms. The smallest absolute Gasteiger partial charge is 0.328 e. The van der Waals surface area contributed by atoms with Crippen molar-refractivity contribution in [2.45, 2.75) is 6.42 Å². The van der Waals surface area contributed by atoms with Gasteiger partial charge in [-0.1, -0.05) is 24.3 Å². The van der Waals surface area contributed by atoms with Crippen LogP contribution in [0.3, 0.4) is 0 Å². The zero-order valence-corrected chi connectivity index (χ0v) is 10.0. The summed E-state index contributed by atoms with van der Waals surface area (Å²) in [5.41, 5.74) is 2.43. The molecule has 0 aliphatic heterocycles. The number of para-hydroxylation sites is 1. The zero-order valence-electron chi connectivity index (χ0n) is 10.0. The van der Waals surface area contributed by atoms with Crippen LogP contribution in [-0.2, 0) is 11.2 Å². The molecule has 0 amide bonds. The van der Waals surface area contributed by atoms with Crippen molar-refractivity contribution in [1.29, 1.82) is 0 Å². The minimum absolute atomic E-state index is 0.578. The lowest BCUT2D eigenvalue weighted by molar-refractivity contribution is -0.131. The fourth-order valence-corrected chi connectivity index (χ4v) is 1.91. The first-order chi connectivity index (χ1) is 8.77. The van der Waals surface area contributed by atoms with E-state index in [1.54, 1.807) is 6.08 Å². The topological polar surface area (TPSA) is 65.1 Å². The molecule has 0 aliphatic rings. The van der Waals surface area contributed by atoms with Crippen molar-refractivity contribution in [3.05, 3.63) is 48.2 Å². The van der Waals surface area contributed by atoms with Crippen LogP contribution in [0.5, 0.6) is 0 Å². The van der Waals surface area contributed by atoms with Crippen LogP contribution in [0.4, 0.5) is 0 Å². The average Bonchev–Trinajstić information content (AvgIpc) is 2.77. The Hall–Kier alpha value is -2.07. The fourth-order valence-electron chi connectivity index (χ4n) is 1.91. The Labute approximate surface area is 105 Å². The van der Waals surface area contributed by atoms with Crippen LogP contribution < -0.4 is 5.32 Å². The van der Waals surface area contributed by atoms with E-state index in [9.17, 15) is 4.79 Å². The van der Waals surface area contributed by atoms with Gasteiger partial charge in [-0.2, -0.15) is 0 Å². The number of hydrogen-bond acceptors (Lipinski definition) is 2. The van der Waals surface area contributed by atoms with Crippen molar-refractivity contribution in [2.24, 2.45) is 0 Å². The second-order valence-corrected chi connectivity index (χ2v) is 4.05. The standard InChI is InChI=1S/C14H16N2O2/c17-14(18)6-3-8-15-9-7-11-10-16-13-5-2-1-4-12(11)13/h1-6,10,15-16H,7-9H2,(H,17,18)/b6-3+. The van der Waals surface area contributed by atoms with Crippen molar-refractivity contribution >= 4 is 16.9 Å². The lowest BCUT2D eigenvalue weighted by Crippen LogP contribution is -2.17. The van der Waals surface area contributed by atoms with Gasteiger partial charge in [-0.25, -0.2) is 4.79 Å². The first-order valence-corrected chi connectivity index (χ1v) is 5.92. The van der Waals surface area contributed by atoms with Crippen molar-refractivity contribution in [3.63, 3.8) is 0 Å². The Balaban J connectivity index is 1.82. The Morgan fingerprint density at radius 1 is 1.39 bits per heavy atom. The van der Waals surface area contributed by atoms with Gasteiger partial charge in [0.25, 0.3) is 0 Å². The highest BCUT2D eigenvalue weighted by Gasteiger charge is 2.01. The van der Waals surface area contributed by atoms with E-state index in [4.69, 9.17) is 5.11 Å². The summed E-state index contributed by atoms with van der Waals surface area (Å²) < 4.78 is 0. The number of fused-ring (bicyclic) bond motifs is 1. The zero-order chi connectivity index (χ0) is 12.8. The second-order valence-electron chi connectivity index (χ2n) is 4.05. The van der Waals surface area contributed by atoms with E-state index in [1.807, 2.05) is 18.3 Å². The number of aromatic nitrogens is 1. The lowest BCUT2D eigenvalue weighted by Gasteiger charge is -2.00. The molecule has 0 atom stereocenters. The minimum Gasteiger partial charge on any atom is -0.478 e. The molecule has 1 heterocycles. The maximum atomic E-state index is 10.2. The van der Waals surface area contributed by atoms with E-state index in [0.29, 0.717) is 6.54 Å². The summed E-state index contributed by atoms with van der Waals surface area (Å²) >= 11 is 0. The molecule has 0 spiro atoms. The molecule has 0 unspecified atom stereocenters. The fraction of sp³-hybridized carbons (Fsp3) is 0.214. The number of rotatable bonds is 6. The van der Waals surface area contributed by atoms with Gasteiger partial charge in [0, 0.05) is 29.7 Å². The van der Waals surface area contributed by atoms with E-state index < -0.39 is 5.97 Å². The monoisotopic (exact) mass is 244 g/mol. The van der Waals surface area contributed by atoms with E-state index in [-0.39, 0.29) is 0 Å². The number of carboxylic acids is 1. The molecule has 1 aromatic carbocycles. The third kappa shape index (κ3) is 3.21. The SMILES string of the molecule is O=C(O)/C=C/CNCCc1c[nH]c2ccccc12. The number of H-pyrrole nitrogens is 1. The molecule has 3 N–H and O–H groups in total. The van der Waals surface area contributed by atoms with Gasteiger partial charge >= 0.3 is 5.97 Å². The average molecular weight is 244 g/mol. The number of benzene rings is 1. The maximum Gasteiger partial charge on any atom is 0.328 e. The summed E-state index contributed by atoms with van der Waals surface area (Å²) in [5.74, 6) is -0.909. The van der Waals surface area contributed by atoms with E-state index >= 15 is 0 Å². The Bertz CT molecular complexity index is 558. The molecule has 18 heavy (non-hydrogen) atoms. The van der Waals surface area contributed by atoms with E-state index in [1.165, 1.54) is 10.9 Å². The van der Waals surface area contributed by atoms with Crippen LogP contribution in [0.15, 0.2) is 42.6 Å². The largest absolute Gasteiger partial charge is 0.478 e. The third-order valence-corrected chi connectivity index (χ3v) is 2.77. The van der Waals surface area contributed by atoms with Crippen LogP contribution in [0.25, 0.3) is 10.9 Å². The third-order valence-electron chi connectivity index (χ3n) is 2.77. The Morgan fingerprint density at radius 3 is 3.06 bits per heavy atom. The highest BCUT2D eigenvalue weighted by Crippen LogP contribution is 2.17. The minimum atomic E-state index is -0.909. The van der Waals surface area contributed by atoms with Crippen LogP contribution in [0, 0.1) is 0 Å². The van der Waals surface area contributed by atoms with Crippen molar-refractivity contribution in [1.82, 2.24) is 10.3 Å². The van der Waals surface area contributed by atoms with Gasteiger partial charge in [-0.15, -0.1) is 0 Å². The number of aromatic amines is 1. The Kier molecular flexibility index (Phi) is 4.15. The highest BCUT2D eigenvalue weighted by atomic mass is 16.4. The summed E-state index contributed by atoms with van der Waals surface area (Å²) in [6, 6.07) is 8.20. The second kappa shape index (κ2) is 6.02. The summed E-state index contributed by atoms with van der Waals surface area (Å²) in [7, 11) is 0. The molecule has 0 radical (unpaired) electrons. The molecule has 0 fully saturated rings. The van der Waals surface area contributed by atoms with Gasteiger partial charge in [0.15, 0.2) is 0 Å².